The van der Waals surface area contributed by atoms with E-state index in [-0.39, 0.29) is 11.8 Å². The molecular formula is C17H27N5O2. The highest BCUT2D eigenvalue weighted by molar-refractivity contribution is 5.79. The summed E-state index contributed by atoms with van der Waals surface area (Å²) in [7, 11) is 0. The lowest BCUT2D eigenvalue weighted by molar-refractivity contribution is -0.138. The van der Waals surface area contributed by atoms with Crippen molar-refractivity contribution in [1.29, 1.82) is 0 Å². The number of hydrogen-bond donors (Lipinski definition) is 1. The van der Waals surface area contributed by atoms with Gasteiger partial charge in [0.15, 0.2) is 0 Å². The topological polar surface area (TPSA) is 70.6 Å². The maximum absolute atomic E-state index is 12.6. The summed E-state index contributed by atoms with van der Waals surface area (Å²) in [6.45, 7) is 9.33. The smallest absolute Gasteiger partial charge is 0.227 e. The number of carbonyl (C=O) groups excluding carboxylic acids is 1. The van der Waals surface area contributed by atoms with E-state index in [4.69, 9.17) is 4.74 Å². The minimum Gasteiger partial charge on any atom is -0.381 e. The summed E-state index contributed by atoms with van der Waals surface area (Å²) in [4.78, 5) is 25.9. The Kier molecular flexibility index (Phi) is 5.50. The fourth-order valence-corrected chi connectivity index (χ4v) is 3.30. The lowest BCUT2D eigenvalue weighted by Crippen LogP contribution is -2.51. The van der Waals surface area contributed by atoms with Crippen LogP contribution in [0.25, 0.3) is 0 Å². The summed E-state index contributed by atoms with van der Waals surface area (Å²) in [6, 6.07) is 1.96. The van der Waals surface area contributed by atoms with Gasteiger partial charge in [-0.3, -0.25) is 4.79 Å². The monoisotopic (exact) mass is 333 g/mol. The van der Waals surface area contributed by atoms with Crippen molar-refractivity contribution in [3.05, 3.63) is 11.8 Å². The number of aromatic nitrogens is 2. The van der Waals surface area contributed by atoms with Crippen molar-refractivity contribution in [3.63, 3.8) is 0 Å². The number of amides is 1. The SMILES string of the molecule is CCNc1cc(C)nc(N2CCN(C(=O)C3CCOCC3)CC2)n1. The largest absolute Gasteiger partial charge is 0.381 e. The van der Waals surface area contributed by atoms with Crippen LogP contribution in [0.15, 0.2) is 6.07 Å². The van der Waals surface area contributed by atoms with Gasteiger partial charge in [0.25, 0.3) is 0 Å². The van der Waals surface area contributed by atoms with Crippen molar-refractivity contribution in [3.8, 4) is 0 Å². The van der Waals surface area contributed by atoms with E-state index in [0.717, 1.165) is 63.0 Å². The second-order valence-corrected chi connectivity index (χ2v) is 6.42. The molecule has 0 spiro atoms. The van der Waals surface area contributed by atoms with Crippen LogP contribution < -0.4 is 10.2 Å². The first-order valence-electron chi connectivity index (χ1n) is 8.88. The van der Waals surface area contributed by atoms with Crippen molar-refractivity contribution in [2.24, 2.45) is 5.92 Å². The fraction of sp³-hybridized carbons (Fsp3) is 0.706. The first-order chi connectivity index (χ1) is 11.7. The number of nitrogens with zero attached hydrogens (tertiary/aromatic N) is 4. The van der Waals surface area contributed by atoms with E-state index in [1.54, 1.807) is 0 Å². The van der Waals surface area contributed by atoms with Crippen molar-refractivity contribution >= 4 is 17.7 Å². The van der Waals surface area contributed by atoms with Crippen LogP contribution in [0.2, 0.25) is 0 Å². The van der Waals surface area contributed by atoms with Crippen LogP contribution in [0.3, 0.4) is 0 Å². The standard InChI is InChI=1S/C17H27N5O2/c1-3-18-15-12-13(2)19-17(20-15)22-8-6-21(7-9-22)16(23)14-4-10-24-11-5-14/h12,14H,3-11H2,1-2H3,(H,18,19,20). The Balaban J connectivity index is 1.59. The third kappa shape index (κ3) is 3.95. The molecule has 0 unspecified atom stereocenters. The highest BCUT2D eigenvalue weighted by atomic mass is 16.5. The predicted molar refractivity (Wildman–Crippen MR) is 93.3 cm³/mol. The van der Waals surface area contributed by atoms with Crippen LogP contribution in [0.1, 0.15) is 25.5 Å². The first-order valence-corrected chi connectivity index (χ1v) is 8.88. The number of ether oxygens (including phenoxy) is 1. The number of piperazine rings is 1. The second kappa shape index (κ2) is 7.79. The molecule has 2 saturated heterocycles. The molecule has 7 heteroatoms. The molecule has 2 aliphatic rings. The molecule has 0 radical (unpaired) electrons. The average molecular weight is 333 g/mol. The molecule has 7 nitrogen and oxygen atoms in total. The summed E-state index contributed by atoms with van der Waals surface area (Å²) in [5.74, 6) is 2.04. The van der Waals surface area contributed by atoms with Crippen molar-refractivity contribution in [2.75, 3.05) is 56.2 Å². The molecule has 3 heterocycles. The number of rotatable bonds is 4. The Labute approximate surface area is 143 Å². The number of nitrogens with one attached hydrogen (secondary N) is 1. The number of hydrogen-bond acceptors (Lipinski definition) is 6. The maximum atomic E-state index is 12.6. The molecule has 0 aliphatic carbocycles. The maximum Gasteiger partial charge on any atom is 0.227 e. The van der Waals surface area contributed by atoms with E-state index < -0.39 is 0 Å². The number of carbonyl (C=O) groups is 1. The minimum atomic E-state index is 0.140. The Bertz CT molecular complexity index is 566. The zero-order valence-electron chi connectivity index (χ0n) is 14.6. The van der Waals surface area contributed by atoms with Gasteiger partial charge in [0.2, 0.25) is 11.9 Å². The van der Waals surface area contributed by atoms with Crippen LogP contribution in [0.4, 0.5) is 11.8 Å². The molecule has 2 aliphatic heterocycles. The predicted octanol–water partition coefficient (Wildman–Crippen LogP) is 1.29. The number of aryl methyl sites for hydroxylation is 1. The van der Waals surface area contributed by atoms with Crippen LogP contribution >= 0.6 is 0 Å². The lowest BCUT2D eigenvalue weighted by Gasteiger charge is -2.37. The van der Waals surface area contributed by atoms with Crippen molar-refractivity contribution in [1.82, 2.24) is 14.9 Å². The van der Waals surface area contributed by atoms with Crippen molar-refractivity contribution in [2.45, 2.75) is 26.7 Å². The normalized spacial score (nSPS) is 19.4. The van der Waals surface area contributed by atoms with Gasteiger partial charge in [-0.1, -0.05) is 0 Å². The van der Waals surface area contributed by atoms with Crippen LogP contribution in [0, 0.1) is 12.8 Å². The minimum absolute atomic E-state index is 0.140. The Morgan fingerprint density at radius 3 is 2.62 bits per heavy atom. The van der Waals surface area contributed by atoms with E-state index >= 15 is 0 Å². The van der Waals surface area contributed by atoms with Gasteiger partial charge in [-0.05, 0) is 26.7 Å². The zero-order chi connectivity index (χ0) is 16.9. The van der Waals surface area contributed by atoms with E-state index in [1.165, 1.54) is 0 Å². The molecule has 1 N–H and O–H groups in total. The van der Waals surface area contributed by atoms with Gasteiger partial charge in [-0.2, -0.15) is 4.98 Å². The molecule has 2 fully saturated rings. The molecule has 0 bridgehead atoms. The van der Waals surface area contributed by atoms with Gasteiger partial charge in [-0.15, -0.1) is 0 Å². The summed E-state index contributed by atoms with van der Waals surface area (Å²) < 4.78 is 5.35. The fourth-order valence-electron chi connectivity index (χ4n) is 3.30. The molecule has 1 aromatic heterocycles. The van der Waals surface area contributed by atoms with Gasteiger partial charge in [-0.25, -0.2) is 4.98 Å². The highest BCUT2D eigenvalue weighted by Crippen LogP contribution is 2.20. The molecule has 132 valence electrons. The zero-order valence-corrected chi connectivity index (χ0v) is 14.6. The Morgan fingerprint density at radius 2 is 1.96 bits per heavy atom. The van der Waals surface area contributed by atoms with Gasteiger partial charge in [0.1, 0.15) is 5.82 Å². The third-order valence-corrected chi connectivity index (χ3v) is 4.65. The van der Waals surface area contributed by atoms with Crippen LogP contribution in [-0.2, 0) is 9.53 Å². The summed E-state index contributed by atoms with van der Waals surface area (Å²) >= 11 is 0. The molecule has 0 atom stereocenters. The third-order valence-electron chi connectivity index (χ3n) is 4.65. The van der Waals surface area contributed by atoms with E-state index in [1.807, 2.05) is 17.9 Å². The average Bonchev–Trinajstić information content (AvgIpc) is 2.62. The summed E-state index contributed by atoms with van der Waals surface area (Å²) in [5, 5.41) is 3.24. The van der Waals surface area contributed by atoms with Crippen LogP contribution in [-0.4, -0.2) is 66.7 Å². The first kappa shape index (κ1) is 17.0. The van der Waals surface area contributed by atoms with Gasteiger partial charge < -0.3 is 19.9 Å². The molecule has 3 rings (SSSR count). The van der Waals surface area contributed by atoms with Crippen molar-refractivity contribution < 1.29 is 9.53 Å². The van der Waals surface area contributed by atoms with Gasteiger partial charge in [0.05, 0.1) is 0 Å². The lowest BCUT2D eigenvalue weighted by atomic mass is 9.98. The number of anilines is 2. The van der Waals surface area contributed by atoms with E-state index in [2.05, 4.69) is 27.1 Å². The summed E-state index contributed by atoms with van der Waals surface area (Å²) in [6.07, 6.45) is 1.71. The van der Waals surface area contributed by atoms with Gasteiger partial charge >= 0.3 is 0 Å². The van der Waals surface area contributed by atoms with Gasteiger partial charge in [0, 0.05) is 63.6 Å². The summed E-state index contributed by atoms with van der Waals surface area (Å²) in [5.41, 5.74) is 0.955. The van der Waals surface area contributed by atoms with E-state index in [0.29, 0.717) is 13.2 Å². The Morgan fingerprint density at radius 1 is 1.25 bits per heavy atom. The molecule has 24 heavy (non-hydrogen) atoms. The second-order valence-electron chi connectivity index (χ2n) is 6.42. The molecule has 0 saturated carbocycles. The molecular weight excluding hydrogens is 306 g/mol. The molecule has 0 aromatic carbocycles. The Hall–Kier alpha value is -1.89. The highest BCUT2D eigenvalue weighted by Gasteiger charge is 2.29. The van der Waals surface area contributed by atoms with Crippen LogP contribution in [0.5, 0.6) is 0 Å². The van der Waals surface area contributed by atoms with E-state index in [9.17, 15) is 4.79 Å². The molecule has 1 aromatic rings. The quantitative estimate of drug-likeness (QED) is 0.895. The molecule has 1 amide bonds.